The molecule has 0 fully saturated rings. The summed E-state index contributed by atoms with van der Waals surface area (Å²) in [4.78, 5) is 10.4. The molecule has 0 amide bonds. The Morgan fingerprint density at radius 3 is 2.56 bits per heavy atom. The van der Waals surface area contributed by atoms with Gasteiger partial charge in [-0.15, -0.1) is 0 Å². The number of ether oxygens (including phenoxy) is 1. The van der Waals surface area contributed by atoms with E-state index in [-0.39, 0.29) is 13.4 Å². The molecule has 3 heteroatoms. The third-order valence-electron chi connectivity index (χ3n) is 0.626. The van der Waals surface area contributed by atoms with Crippen LogP contribution < -0.4 is 5.32 Å². The van der Waals surface area contributed by atoms with E-state index in [1.54, 1.807) is 14.0 Å². The van der Waals surface area contributed by atoms with Crippen molar-refractivity contribution in [3.63, 3.8) is 0 Å². The molecule has 0 aliphatic carbocycles. The van der Waals surface area contributed by atoms with Crippen LogP contribution in [0.2, 0.25) is 0 Å². The average molecular weight is 133 g/mol. The topological polar surface area (TPSA) is 38.3 Å². The molecule has 0 aromatic rings. The van der Waals surface area contributed by atoms with Crippen LogP contribution in [0.25, 0.3) is 0 Å². The summed E-state index contributed by atoms with van der Waals surface area (Å²) < 4.78 is 4.58. The molecular weight excluding hydrogens is 118 g/mol. The lowest BCUT2D eigenvalue weighted by molar-refractivity contribution is -0.141. The van der Waals surface area contributed by atoms with E-state index in [9.17, 15) is 4.79 Å². The highest BCUT2D eigenvalue weighted by atomic mass is 16.5. The summed E-state index contributed by atoms with van der Waals surface area (Å²) in [5.41, 5.74) is 0. The lowest BCUT2D eigenvalue weighted by Crippen LogP contribution is -2.20. The van der Waals surface area contributed by atoms with Crippen LogP contribution in [0, 0.1) is 0 Å². The number of carbonyl (C=O) groups excluding carboxylic acids is 1. The highest BCUT2D eigenvalue weighted by Crippen LogP contribution is 1.72. The van der Waals surface area contributed by atoms with E-state index < -0.39 is 0 Å². The minimum Gasteiger partial charge on any atom is -0.465 e. The van der Waals surface area contributed by atoms with Crippen molar-refractivity contribution in [2.45, 2.75) is 14.4 Å². The fourth-order valence-corrected chi connectivity index (χ4v) is 0.356. The first-order valence-corrected chi connectivity index (χ1v) is 2.61. The summed E-state index contributed by atoms with van der Waals surface area (Å²) in [7, 11) is 1.71. The third-order valence-corrected chi connectivity index (χ3v) is 0.626. The van der Waals surface area contributed by atoms with Gasteiger partial charge < -0.3 is 10.1 Å². The van der Waals surface area contributed by atoms with Crippen LogP contribution >= 0.6 is 0 Å². The maximum absolute atomic E-state index is 10.4. The van der Waals surface area contributed by atoms with E-state index >= 15 is 0 Å². The van der Waals surface area contributed by atoms with Crippen molar-refractivity contribution >= 4 is 5.97 Å². The molecule has 0 rings (SSSR count). The maximum atomic E-state index is 10.4. The predicted molar refractivity (Wildman–Crippen MR) is 37.3 cm³/mol. The van der Waals surface area contributed by atoms with Crippen molar-refractivity contribution in [1.82, 2.24) is 5.32 Å². The van der Waals surface area contributed by atoms with Gasteiger partial charge in [0, 0.05) is 0 Å². The summed E-state index contributed by atoms with van der Waals surface area (Å²) in [5, 5.41) is 2.68. The van der Waals surface area contributed by atoms with Crippen LogP contribution in [0.15, 0.2) is 0 Å². The van der Waals surface area contributed by atoms with Gasteiger partial charge in [0.25, 0.3) is 0 Å². The number of nitrogens with one attached hydrogen (secondary N) is 1. The molecule has 1 N–H and O–H groups in total. The van der Waals surface area contributed by atoms with E-state index in [1.807, 2.05) is 0 Å². The molecule has 3 nitrogen and oxygen atoms in total. The Bertz CT molecular complexity index is 65.5. The fraction of sp³-hybridized carbons (Fsp3) is 0.833. The van der Waals surface area contributed by atoms with Gasteiger partial charge in [0.15, 0.2) is 0 Å². The van der Waals surface area contributed by atoms with Crippen molar-refractivity contribution in [2.24, 2.45) is 0 Å². The Morgan fingerprint density at radius 2 is 2.22 bits per heavy atom. The molecular formula is C6H15NO2. The van der Waals surface area contributed by atoms with E-state index in [1.165, 1.54) is 0 Å². The fourth-order valence-electron chi connectivity index (χ4n) is 0.356. The van der Waals surface area contributed by atoms with Crippen molar-refractivity contribution < 1.29 is 9.53 Å². The van der Waals surface area contributed by atoms with E-state index in [2.05, 4.69) is 10.1 Å². The zero-order valence-corrected chi connectivity index (χ0v) is 5.23. The summed E-state index contributed by atoms with van der Waals surface area (Å²) in [6.07, 6.45) is 0. The molecule has 0 aromatic heterocycles. The zero-order chi connectivity index (χ0) is 6.41. The van der Waals surface area contributed by atoms with Gasteiger partial charge in [0.2, 0.25) is 0 Å². The van der Waals surface area contributed by atoms with Gasteiger partial charge in [0.05, 0.1) is 13.2 Å². The molecule has 0 aromatic carbocycles. The summed E-state index contributed by atoms with van der Waals surface area (Å²) in [6.45, 7) is 2.54. The van der Waals surface area contributed by atoms with E-state index in [0.717, 1.165) is 0 Å². The quantitative estimate of drug-likeness (QED) is 0.566. The van der Waals surface area contributed by atoms with E-state index in [4.69, 9.17) is 0 Å². The standard InChI is InChI=1S/C5H11NO2.CH4/c1-3-8-5(7)4-6-2;/h6H,3-4H2,1-2H3;1H4. The van der Waals surface area contributed by atoms with Gasteiger partial charge in [-0.05, 0) is 14.0 Å². The van der Waals surface area contributed by atoms with Crippen LogP contribution in [0.4, 0.5) is 0 Å². The van der Waals surface area contributed by atoms with Crippen LogP contribution in [0.5, 0.6) is 0 Å². The van der Waals surface area contributed by atoms with Gasteiger partial charge in [-0.25, -0.2) is 0 Å². The summed E-state index contributed by atoms with van der Waals surface area (Å²) >= 11 is 0. The van der Waals surface area contributed by atoms with Gasteiger partial charge in [-0.3, -0.25) is 4.79 Å². The molecule has 0 unspecified atom stereocenters. The van der Waals surface area contributed by atoms with Crippen molar-refractivity contribution in [1.29, 1.82) is 0 Å². The number of hydrogen-bond acceptors (Lipinski definition) is 3. The first kappa shape index (κ1) is 11.3. The minimum absolute atomic E-state index is 0. The number of hydrogen-bond donors (Lipinski definition) is 1. The normalized spacial score (nSPS) is 7.78. The SMILES string of the molecule is C.CCOC(=O)CNC. The lowest BCUT2D eigenvalue weighted by Gasteiger charge is -1.97. The molecule has 0 heterocycles. The molecule has 0 spiro atoms. The molecule has 0 aliphatic rings. The minimum atomic E-state index is -0.199. The molecule has 0 bridgehead atoms. The van der Waals surface area contributed by atoms with Gasteiger partial charge in [-0.2, -0.15) is 0 Å². The highest BCUT2D eigenvalue weighted by molar-refractivity contribution is 5.71. The second kappa shape index (κ2) is 7.43. The Kier molecular flexibility index (Phi) is 9.29. The Hall–Kier alpha value is -0.570. The molecule has 9 heavy (non-hydrogen) atoms. The monoisotopic (exact) mass is 133 g/mol. The van der Waals surface area contributed by atoms with Gasteiger partial charge >= 0.3 is 5.97 Å². The number of esters is 1. The number of carbonyl (C=O) groups is 1. The van der Waals surface area contributed by atoms with E-state index in [0.29, 0.717) is 13.2 Å². The van der Waals surface area contributed by atoms with Gasteiger partial charge in [-0.1, -0.05) is 7.43 Å². The van der Waals surface area contributed by atoms with Crippen LogP contribution in [0.3, 0.4) is 0 Å². The van der Waals surface area contributed by atoms with Crippen LogP contribution in [-0.2, 0) is 9.53 Å². The number of likely N-dealkylation sites (N-methyl/N-ethyl adjacent to an activating group) is 1. The molecule has 0 radical (unpaired) electrons. The third kappa shape index (κ3) is 7.43. The predicted octanol–water partition coefficient (Wildman–Crippen LogP) is 0.405. The largest absolute Gasteiger partial charge is 0.465 e. The number of rotatable bonds is 3. The summed E-state index contributed by atoms with van der Waals surface area (Å²) in [5.74, 6) is -0.199. The molecule has 0 aliphatic heterocycles. The van der Waals surface area contributed by atoms with Crippen LogP contribution in [-0.4, -0.2) is 26.2 Å². The zero-order valence-electron chi connectivity index (χ0n) is 5.23. The first-order valence-electron chi connectivity index (χ1n) is 2.61. The Morgan fingerprint density at radius 1 is 1.67 bits per heavy atom. The van der Waals surface area contributed by atoms with Gasteiger partial charge in [0.1, 0.15) is 0 Å². The smallest absolute Gasteiger partial charge is 0.319 e. The Balaban J connectivity index is 0. The molecule has 0 saturated heterocycles. The Labute approximate surface area is 56.4 Å². The van der Waals surface area contributed by atoms with Crippen molar-refractivity contribution in [3.8, 4) is 0 Å². The lowest BCUT2D eigenvalue weighted by atomic mass is 10.6. The second-order valence-electron chi connectivity index (χ2n) is 1.34. The average Bonchev–Trinajstić information content (AvgIpc) is 1.68. The molecule has 0 saturated carbocycles. The highest BCUT2D eigenvalue weighted by Gasteiger charge is 1.94. The van der Waals surface area contributed by atoms with Crippen molar-refractivity contribution in [3.05, 3.63) is 0 Å². The second-order valence-corrected chi connectivity index (χ2v) is 1.34. The summed E-state index contributed by atoms with van der Waals surface area (Å²) in [6, 6.07) is 0. The first-order chi connectivity index (χ1) is 3.81. The molecule has 56 valence electrons. The maximum Gasteiger partial charge on any atom is 0.319 e. The van der Waals surface area contributed by atoms with Crippen molar-refractivity contribution in [2.75, 3.05) is 20.2 Å². The van der Waals surface area contributed by atoms with Crippen LogP contribution in [0.1, 0.15) is 14.4 Å². The molecule has 0 atom stereocenters.